The van der Waals surface area contributed by atoms with Gasteiger partial charge in [-0.15, -0.1) is 0 Å². The molecule has 3 heterocycles. The first-order chi connectivity index (χ1) is 19.4. The number of likely N-dealkylation sites (N-methyl/N-ethyl adjacent to an activating group) is 1. The van der Waals surface area contributed by atoms with Crippen LogP contribution in [-0.2, 0) is 0 Å². The van der Waals surface area contributed by atoms with Gasteiger partial charge in [-0.3, -0.25) is 9.69 Å². The van der Waals surface area contributed by atoms with Crippen LogP contribution in [0.25, 0.3) is 33.3 Å². The number of aromatic nitrogens is 2. The van der Waals surface area contributed by atoms with Crippen LogP contribution in [0.2, 0.25) is 0 Å². The molecule has 1 aliphatic rings. The van der Waals surface area contributed by atoms with Crippen molar-refractivity contribution in [2.75, 3.05) is 65.2 Å². The molecule has 3 N–H and O–H groups in total. The average Bonchev–Trinajstić information content (AvgIpc) is 3.42. The van der Waals surface area contributed by atoms with Gasteiger partial charge in [-0.05, 0) is 42.9 Å². The maximum atomic E-state index is 15.1. The first kappa shape index (κ1) is 27.6. The number of ether oxygens (including phenoxy) is 1. The number of piperazine rings is 1. The van der Waals surface area contributed by atoms with E-state index in [1.807, 2.05) is 36.5 Å². The van der Waals surface area contributed by atoms with Crippen LogP contribution < -0.4 is 10.5 Å². The predicted octanol–water partition coefficient (Wildman–Crippen LogP) is 4.73. The van der Waals surface area contributed by atoms with Gasteiger partial charge in [-0.25, -0.2) is 9.37 Å². The lowest BCUT2D eigenvalue weighted by molar-refractivity contribution is 0.0625. The Balaban J connectivity index is 1.39. The number of hydrogen-bond donors (Lipinski definition) is 2. The normalized spacial score (nSPS) is 14.3. The number of H-pyrrole nitrogens is 1. The number of hydrogen-bond acceptors (Lipinski definition) is 6. The van der Waals surface area contributed by atoms with Crippen LogP contribution in [0, 0.1) is 5.82 Å². The number of halogens is 1. The lowest BCUT2D eigenvalue weighted by Gasteiger charge is -2.36. The van der Waals surface area contributed by atoms with Gasteiger partial charge >= 0.3 is 0 Å². The van der Waals surface area contributed by atoms with Crippen molar-refractivity contribution in [3.8, 4) is 28.0 Å². The summed E-state index contributed by atoms with van der Waals surface area (Å²) in [5.41, 5.74) is 9.97. The van der Waals surface area contributed by atoms with Crippen molar-refractivity contribution in [3.05, 3.63) is 66.2 Å². The molecular weight excluding hydrogens is 507 g/mol. The number of carbonyl (C=O) groups excluding carboxylic acids is 1. The minimum Gasteiger partial charge on any atom is -0.496 e. The molecular formula is C31H37FN6O2. The van der Waals surface area contributed by atoms with Crippen molar-refractivity contribution in [1.29, 1.82) is 0 Å². The molecule has 9 heteroatoms. The van der Waals surface area contributed by atoms with E-state index < -0.39 is 5.82 Å². The Morgan fingerprint density at radius 3 is 2.55 bits per heavy atom. The topological polar surface area (TPSA) is 90.7 Å². The maximum absolute atomic E-state index is 15.1. The zero-order chi connectivity index (χ0) is 28.2. The molecule has 1 amide bonds. The summed E-state index contributed by atoms with van der Waals surface area (Å²) in [5, 5.41) is 0.868. The van der Waals surface area contributed by atoms with E-state index in [1.54, 1.807) is 24.3 Å². The maximum Gasteiger partial charge on any atom is 0.256 e. The number of anilines is 1. The summed E-state index contributed by atoms with van der Waals surface area (Å²) in [6, 6.07) is 12.8. The van der Waals surface area contributed by atoms with Gasteiger partial charge in [0.1, 0.15) is 17.2 Å². The Hall–Kier alpha value is -3.95. The van der Waals surface area contributed by atoms with E-state index in [0.29, 0.717) is 29.9 Å². The second-order valence-electron chi connectivity index (χ2n) is 10.1. The number of para-hydroxylation sites is 1. The number of fused-ring (bicyclic) bond motifs is 1. The summed E-state index contributed by atoms with van der Waals surface area (Å²) in [5.74, 6) is -0.113. The van der Waals surface area contributed by atoms with Crippen molar-refractivity contribution in [2.24, 2.45) is 0 Å². The number of nitrogen functional groups attached to an aromatic ring is 1. The number of pyridine rings is 1. The zero-order valence-corrected chi connectivity index (χ0v) is 23.4. The summed E-state index contributed by atoms with van der Waals surface area (Å²) in [4.78, 5) is 27.8. The highest BCUT2D eigenvalue weighted by atomic mass is 19.1. The SMILES string of the molecule is CCN(CC)CCN1CCN(C(=O)c2cc(-c3cnc4[nH]cc(-c5ccccc5OC)c4c3)cc(F)c2N)CC1. The molecule has 0 spiro atoms. The first-order valence-corrected chi connectivity index (χ1v) is 13.9. The van der Waals surface area contributed by atoms with E-state index >= 15 is 4.39 Å². The van der Waals surface area contributed by atoms with Crippen molar-refractivity contribution in [2.45, 2.75) is 13.8 Å². The van der Waals surface area contributed by atoms with Gasteiger partial charge in [0.15, 0.2) is 0 Å². The number of nitrogens with zero attached hydrogens (tertiary/aromatic N) is 4. The van der Waals surface area contributed by atoms with Gasteiger partial charge < -0.3 is 25.3 Å². The summed E-state index contributed by atoms with van der Waals surface area (Å²) in [7, 11) is 1.64. The average molecular weight is 545 g/mol. The molecule has 0 bridgehead atoms. The molecule has 2 aromatic heterocycles. The molecule has 8 nitrogen and oxygen atoms in total. The molecule has 0 radical (unpaired) electrons. The highest BCUT2D eigenvalue weighted by molar-refractivity contribution is 6.01. The molecule has 2 aromatic carbocycles. The van der Waals surface area contributed by atoms with Gasteiger partial charge in [0, 0.05) is 73.7 Å². The first-order valence-electron chi connectivity index (χ1n) is 13.9. The number of nitrogens with two attached hydrogens (primary N) is 1. The van der Waals surface area contributed by atoms with Gasteiger partial charge in [-0.2, -0.15) is 0 Å². The van der Waals surface area contributed by atoms with Crippen molar-refractivity contribution in [1.82, 2.24) is 24.7 Å². The summed E-state index contributed by atoms with van der Waals surface area (Å²) in [6.45, 7) is 11.1. The largest absolute Gasteiger partial charge is 0.496 e. The Kier molecular flexibility index (Phi) is 8.32. The minimum atomic E-state index is -0.613. The van der Waals surface area contributed by atoms with E-state index in [9.17, 15) is 4.79 Å². The Morgan fingerprint density at radius 2 is 1.82 bits per heavy atom. The summed E-state index contributed by atoms with van der Waals surface area (Å²) < 4.78 is 20.7. The predicted molar refractivity (Wildman–Crippen MR) is 158 cm³/mol. The fourth-order valence-electron chi connectivity index (χ4n) is 5.38. The van der Waals surface area contributed by atoms with Crippen LogP contribution in [0.15, 0.2) is 54.9 Å². The smallest absolute Gasteiger partial charge is 0.256 e. The highest BCUT2D eigenvalue weighted by Crippen LogP contribution is 2.36. The number of aromatic amines is 1. The van der Waals surface area contributed by atoms with Crippen LogP contribution in [-0.4, -0.2) is 90.0 Å². The number of amides is 1. The van der Waals surface area contributed by atoms with E-state index in [1.165, 1.54) is 6.07 Å². The number of nitrogens with one attached hydrogen (secondary N) is 1. The number of methoxy groups -OCH3 is 1. The van der Waals surface area contributed by atoms with Crippen molar-refractivity contribution in [3.63, 3.8) is 0 Å². The standard InChI is InChI=1S/C31H37FN6O2/c1-4-36(5-2)10-11-37-12-14-38(15-13-37)31(39)25-16-21(18-27(32)29(25)33)22-17-24-26(20-35-30(24)34-19-22)23-8-6-7-9-28(23)40-3/h6-9,16-20H,4-5,10-15,33H2,1-3H3,(H,34,35). The van der Waals surface area contributed by atoms with Gasteiger partial charge in [0.05, 0.1) is 18.4 Å². The summed E-state index contributed by atoms with van der Waals surface area (Å²) in [6.07, 6.45) is 3.57. The molecule has 0 aliphatic carbocycles. The second kappa shape index (κ2) is 12.1. The minimum absolute atomic E-state index is 0.122. The van der Waals surface area contributed by atoms with E-state index in [2.05, 4.69) is 33.6 Å². The van der Waals surface area contributed by atoms with Gasteiger partial charge in [-0.1, -0.05) is 32.0 Å². The number of carbonyl (C=O) groups is 1. The zero-order valence-electron chi connectivity index (χ0n) is 23.4. The Bertz CT molecular complexity index is 1490. The highest BCUT2D eigenvalue weighted by Gasteiger charge is 2.25. The third-order valence-electron chi connectivity index (χ3n) is 7.91. The van der Waals surface area contributed by atoms with Crippen molar-refractivity contribution >= 4 is 22.6 Å². The third-order valence-corrected chi connectivity index (χ3v) is 7.91. The molecule has 210 valence electrons. The van der Waals surface area contributed by atoms with Crippen molar-refractivity contribution < 1.29 is 13.9 Å². The molecule has 0 unspecified atom stereocenters. The van der Waals surface area contributed by atoms with Crippen LogP contribution in [0.5, 0.6) is 5.75 Å². The molecule has 0 atom stereocenters. The lowest BCUT2D eigenvalue weighted by atomic mass is 9.99. The Labute approximate surface area is 234 Å². The molecule has 0 saturated carbocycles. The fourth-order valence-corrected chi connectivity index (χ4v) is 5.38. The van der Waals surface area contributed by atoms with Crippen LogP contribution in [0.1, 0.15) is 24.2 Å². The van der Waals surface area contributed by atoms with Crippen LogP contribution >= 0.6 is 0 Å². The monoisotopic (exact) mass is 544 g/mol. The molecule has 1 fully saturated rings. The van der Waals surface area contributed by atoms with Crippen LogP contribution in [0.4, 0.5) is 10.1 Å². The van der Waals surface area contributed by atoms with E-state index in [0.717, 1.165) is 61.5 Å². The quantitative estimate of drug-likeness (QED) is 0.296. The molecule has 5 rings (SSSR count). The summed E-state index contributed by atoms with van der Waals surface area (Å²) >= 11 is 0. The fraction of sp³-hybridized carbons (Fsp3) is 0.355. The lowest BCUT2D eigenvalue weighted by Crippen LogP contribution is -2.50. The van der Waals surface area contributed by atoms with Gasteiger partial charge in [0.2, 0.25) is 0 Å². The number of benzene rings is 2. The van der Waals surface area contributed by atoms with E-state index in [4.69, 9.17) is 10.5 Å². The second-order valence-corrected chi connectivity index (χ2v) is 10.1. The third kappa shape index (κ3) is 5.52. The van der Waals surface area contributed by atoms with Gasteiger partial charge in [0.25, 0.3) is 5.91 Å². The number of rotatable bonds is 9. The van der Waals surface area contributed by atoms with E-state index in [-0.39, 0.29) is 17.2 Å². The molecule has 40 heavy (non-hydrogen) atoms. The van der Waals surface area contributed by atoms with Crippen LogP contribution in [0.3, 0.4) is 0 Å². The molecule has 4 aromatic rings. The molecule has 1 aliphatic heterocycles. The Morgan fingerprint density at radius 1 is 1.07 bits per heavy atom. The molecule has 1 saturated heterocycles.